The van der Waals surface area contributed by atoms with Gasteiger partial charge in [-0.1, -0.05) is 37.6 Å². The molecular weight excluding hydrogens is 408 g/mol. The van der Waals surface area contributed by atoms with Crippen molar-refractivity contribution in [2.24, 2.45) is 5.92 Å². The Bertz CT molecular complexity index is 904. The Hall–Kier alpha value is -2.60. The summed E-state index contributed by atoms with van der Waals surface area (Å²) >= 11 is 1.73. The molecule has 0 fully saturated rings. The Balaban J connectivity index is 1.75. The molecule has 2 aromatic rings. The lowest BCUT2D eigenvalue weighted by atomic mass is 10.00. The zero-order valence-electron chi connectivity index (χ0n) is 18.7. The van der Waals surface area contributed by atoms with Gasteiger partial charge in [0.1, 0.15) is 18.9 Å². The third-order valence-electron chi connectivity index (χ3n) is 5.46. The number of nitrogens with zero attached hydrogens (tertiary/aromatic N) is 2. The smallest absolute Gasteiger partial charge is 0.242 e. The summed E-state index contributed by atoms with van der Waals surface area (Å²) in [4.78, 5) is 30.7. The highest BCUT2D eigenvalue weighted by Gasteiger charge is 2.33. The number of carbonyl (C=O) groups is 2. The molecule has 0 radical (unpaired) electrons. The second kappa shape index (κ2) is 10.6. The maximum atomic E-state index is 13.3. The molecule has 0 bridgehead atoms. The zero-order chi connectivity index (χ0) is 22.4. The predicted octanol–water partition coefficient (Wildman–Crippen LogP) is 4.62. The molecule has 2 amide bonds. The van der Waals surface area contributed by atoms with E-state index in [1.807, 2.05) is 49.9 Å². The van der Waals surface area contributed by atoms with E-state index >= 15 is 0 Å². The van der Waals surface area contributed by atoms with Crippen LogP contribution in [0.1, 0.15) is 42.3 Å². The van der Waals surface area contributed by atoms with Crippen LogP contribution in [0.25, 0.3) is 0 Å². The molecule has 0 aliphatic carbocycles. The number of benzene rings is 1. The SMILES string of the molecule is C=CCN(CC(=O)N1CCc2sccc2[C@H]1COc1ccc(C)cc1)C(=O)CC(C)C. The van der Waals surface area contributed by atoms with Crippen LogP contribution in [0.15, 0.2) is 48.4 Å². The lowest BCUT2D eigenvalue weighted by Crippen LogP contribution is -2.48. The zero-order valence-corrected chi connectivity index (χ0v) is 19.5. The highest BCUT2D eigenvalue weighted by atomic mass is 32.1. The van der Waals surface area contributed by atoms with Crippen LogP contribution in [0.2, 0.25) is 0 Å². The average molecular weight is 441 g/mol. The van der Waals surface area contributed by atoms with Crippen LogP contribution in [0, 0.1) is 12.8 Å². The summed E-state index contributed by atoms with van der Waals surface area (Å²) in [7, 11) is 0. The first-order valence-corrected chi connectivity index (χ1v) is 11.7. The van der Waals surface area contributed by atoms with E-state index in [0.717, 1.165) is 17.7 Å². The molecule has 0 saturated heterocycles. The molecule has 6 heteroatoms. The molecule has 1 aromatic carbocycles. The van der Waals surface area contributed by atoms with Gasteiger partial charge in [-0.2, -0.15) is 0 Å². The van der Waals surface area contributed by atoms with Gasteiger partial charge in [0.25, 0.3) is 0 Å². The molecule has 3 rings (SSSR count). The summed E-state index contributed by atoms with van der Waals surface area (Å²) in [5.41, 5.74) is 2.33. The van der Waals surface area contributed by atoms with Crippen molar-refractivity contribution in [1.29, 1.82) is 0 Å². The summed E-state index contributed by atoms with van der Waals surface area (Å²) in [6.07, 6.45) is 2.94. The first-order chi connectivity index (χ1) is 14.9. The quantitative estimate of drug-likeness (QED) is 0.535. The first-order valence-electron chi connectivity index (χ1n) is 10.8. The van der Waals surface area contributed by atoms with Crippen molar-refractivity contribution in [3.05, 3.63) is 64.4 Å². The van der Waals surface area contributed by atoms with Crippen LogP contribution < -0.4 is 4.74 Å². The van der Waals surface area contributed by atoms with Crippen molar-refractivity contribution in [2.75, 3.05) is 26.2 Å². The average Bonchev–Trinajstić information content (AvgIpc) is 3.21. The van der Waals surface area contributed by atoms with Gasteiger partial charge in [0, 0.05) is 24.4 Å². The molecule has 2 heterocycles. The summed E-state index contributed by atoms with van der Waals surface area (Å²) in [6, 6.07) is 9.87. The van der Waals surface area contributed by atoms with Crippen molar-refractivity contribution in [3.8, 4) is 5.75 Å². The third-order valence-corrected chi connectivity index (χ3v) is 6.45. The molecule has 1 aliphatic heterocycles. The second-order valence-corrected chi connectivity index (χ2v) is 9.44. The van der Waals surface area contributed by atoms with Crippen LogP contribution in [0.5, 0.6) is 5.75 Å². The number of fused-ring (bicyclic) bond motifs is 1. The number of ether oxygens (including phenoxy) is 1. The Labute approximate surface area is 189 Å². The Morgan fingerprint density at radius 3 is 2.71 bits per heavy atom. The number of carbonyl (C=O) groups excluding carboxylic acids is 2. The van der Waals surface area contributed by atoms with Gasteiger partial charge in [-0.3, -0.25) is 9.59 Å². The Kier molecular flexibility index (Phi) is 7.91. The summed E-state index contributed by atoms with van der Waals surface area (Å²) < 4.78 is 6.07. The van der Waals surface area contributed by atoms with Gasteiger partial charge in [0.2, 0.25) is 11.8 Å². The van der Waals surface area contributed by atoms with Gasteiger partial charge in [0.05, 0.1) is 6.04 Å². The van der Waals surface area contributed by atoms with Crippen LogP contribution >= 0.6 is 11.3 Å². The fourth-order valence-corrected chi connectivity index (χ4v) is 4.76. The van der Waals surface area contributed by atoms with Crippen LogP contribution in [-0.2, 0) is 16.0 Å². The summed E-state index contributed by atoms with van der Waals surface area (Å²) in [5.74, 6) is 0.979. The van der Waals surface area contributed by atoms with Crippen LogP contribution in [0.3, 0.4) is 0 Å². The van der Waals surface area contributed by atoms with Gasteiger partial charge in [-0.05, 0) is 48.4 Å². The first kappa shape index (κ1) is 23.1. The molecule has 5 nitrogen and oxygen atoms in total. The van der Waals surface area contributed by atoms with Crippen molar-refractivity contribution in [1.82, 2.24) is 9.80 Å². The number of hydrogen-bond donors (Lipinski definition) is 0. The minimum Gasteiger partial charge on any atom is -0.491 e. The van der Waals surface area contributed by atoms with E-state index in [4.69, 9.17) is 4.74 Å². The standard InChI is InChI=1S/C25H32N2O3S/c1-5-12-26(24(28)15-18(2)3)16-25(29)27-13-10-23-21(11-14-31-23)22(27)17-30-20-8-6-19(4)7-9-20/h5-9,11,14,18,22H,1,10,12-13,15-17H2,2-4H3/t22-/m1/s1. The molecule has 31 heavy (non-hydrogen) atoms. The summed E-state index contributed by atoms with van der Waals surface area (Å²) in [5, 5.41) is 2.08. The van der Waals surface area contributed by atoms with E-state index in [-0.39, 0.29) is 30.3 Å². The monoisotopic (exact) mass is 440 g/mol. The van der Waals surface area contributed by atoms with Crippen molar-refractivity contribution in [2.45, 2.75) is 39.7 Å². The van der Waals surface area contributed by atoms with E-state index in [2.05, 4.69) is 18.0 Å². The van der Waals surface area contributed by atoms with Crippen LogP contribution in [-0.4, -0.2) is 47.9 Å². The Morgan fingerprint density at radius 2 is 2.03 bits per heavy atom. The normalized spacial score (nSPS) is 15.5. The topological polar surface area (TPSA) is 49.9 Å². The minimum atomic E-state index is -0.158. The fourth-order valence-electron chi connectivity index (χ4n) is 3.83. The van der Waals surface area contributed by atoms with Gasteiger partial charge < -0.3 is 14.5 Å². The molecule has 166 valence electrons. The van der Waals surface area contributed by atoms with Crippen molar-refractivity contribution >= 4 is 23.2 Å². The predicted molar refractivity (Wildman–Crippen MR) is 125 cm³/mol. The van der Waals surface area contributed by atoms with E-state index in [0.29, 0.717) is 26.1 Å². The fraction of sp³-hybridized carbons (Fsp3) is 0.440. The molecular formula is C25H32N2O3S. The third kappa shape index (κ3) is 5.97. The van der Waals surface area contributed by atoms with E-state index in [1.54, 1.807) is 22.3 Å². The molecule has 0 saturated carbocycles. The van der Waals surface area contributed by atoms with E-state index in [9.17, 15) is 9.59 Å². The van der Waals surface area contributed by atoms with Gasteiger partial charge in [-0.15, -0.1) is 17.9 Å². The minimum absolute atomic E-state index is 0.0102. The lowest BCUT2D eigenvalue weighted by Gasteiger charge is -2.37. The maximum Gasteiger partial charge on any atom is 0.242 e. The second-order valence-electron chi connectivity index (χ2n) is 8.44. The van der Waals surface area contributed by atoms with E-state index in [1.165, 1.54) is 10.4 Å². The van der Waals surface area contributed by atoms with Crippen molar-refractivity contribution in [3.63, 3.8) is 0 Å². The molecule has 1 aliphatic rings. The van der Waals surface area contributed by atoms with Crippen LogP contribution in [0.4, 0.5) is 0 Å². The van der Waals surface area contributed by atoms with Gasteiger partial charge in [0.15, 0.2) is 0 Å². The van der Waals surface area contributed by atoms with E-state index < -0.39 is 0 Å². The highest BCUT2D eigenvalue weighted by molar-refractivity contribution is 7.10. The lowest BCUT2D eigenvalue weighted by molar-refractivity contribution is -0.142. The number of amides is 2. The largest absolute Gasteiger partial charge is 0.491 e. The molecule has 0 spiro atoms. The highest BCUT2D eigenvalue weighted by Crippen LogP contribution is 2.34. The number of aryl methyl sites for hydroxylation is 1. The number of thiophene rings is 1. The Morgan fingerprint density at radius 1 is 1.29 bits per heavy atom. The maximum absolute atomic E-state index is 13.3. The molecule has 1 aromatic heterocycles. The van der Waals surface area contributed by atoms with Gasteiger partial charge >= 0.3 is 0 Å². The molecule has 0 unspecified atom stereocenters. The number of hydrogen-bond acceptors (Lipinski definition) is 4. The molecule has 1 atom stereocenters. The number of rotatable bonds is 9. The molecule has 0 N–H and O–H groups in total. The van der Waals surface area contributed by atoms with Gasteiger partial charge in [-0.25, -0.2) is 0 Å². The van der Waals surface area contributed by atoms with Crippen molar-refractivity contribution < 1.29 is 14.3 Å². The summed E-state index contributed by atoms with van der Waals surface area (Å²) in [6.45, 7) is 11.3.